The Hall–Kier alpha value is -2.54. The average molecular weight is 460 g/mol. The fraction of sp³-hybridized carbons (Fsp3) is 0.480. The summed E-state index contributed by atoms with van der Waals surface area (Å²) in [6.07, 6.45) is 5.02. The number of amides is 1. The second-order valence-electron chi connectivity index (χ2n) is 8.27. The van der Waals surface area contributed by atoms with Gasteiger partial charge in [0.15, 0.2) is 9.84 Å². The van der Waals surface area contributed by atoms with E-state index in [1.807, 2.05) is 36.4 Å². The van der Waals surface area contributed by atoms with Gasteiger partial charge in [0.25, 0.3) is 5.91 Å². The first-order valence-electron chi connectivity index (χ1n) is 11.3. The van der Waals surface area contributed by atoms with E-state index < -0.39 is 9.84 Å². The molecule has 0 aliphatic carbocycles. The van der Waals surface area contributed by atoms with Crippen molar-refractivity contribution in [1.82, 2.24) is 4.90 Å². The SMILES string of the molecule is CCCCCCOc1ccc(C(=O)N(Cc2ccc(OC)cc2)[C@@H]2CCS(=O)(=O)C2)cc1. The molecular formula is C25H33NO5S. The molecule has 32 heavy (non-hydrogen) atoms. The Bertz CT molecular complexity index is 970. The summed E-state index contributed by atoms with van der Waals surface area (Å²) in [6, 6.07) is 14.3. The van der Waals surface area contributed by atoms with Gasteiger partial charge in [-0.05, 0) is 54.8 Å². The second-order valence-corrected chi connectivity index (χ2v) is 10.5. The highest BCUT2D eigenvalue weighted by Crippen LogP contribution is 2.24. The van der Waals surface area contributed by atoms with E-state index in [2.05, 4.69) is 6.92 Å². The minimum Gasteiger partial charge on any atom is -0.497 e. The quantitative estimate of drug-likeness (QED) is 0.463. The zero-order valence-electron chi connectivity index (χ0n) is 19.0. The standard InChI is InChI=1S/C25H33NO5S/c1-3-4-5-6-16-31-24-13-9-21(10-14-24)25(27)26(22-15-17-32(28,29)19-22)18-20-7-11-23(30-2)12-8-20/h7-14,22H,3-6,15-19H2,1-2H3/t22-/m1/s1. The van der Waals surface area contributed by atoms with Gasteiger partial charge in [0.1, 0.15) is 11.5 Å². The summed E-state index contributed by atoms with van der Waals surface area (Å²) in [5.41, 5.74) is 1.46. The van der Waals surface area contributed by atoms with E-state index in [0.717, 1.165) is 29.9 Å². The Kier molecular flexibility index (Phi) is 8.56. The molecule has 1 fully saturated rings. The Morgan fingerprint density at radius 3 is 2.28 bits per heavy atom. The van der Waals surface area contributed by atoms with Gasteiger partial charge in [-0.15, -0.1) is 0 Å². The van der Waals surface area contributed by atoms with Crippen LogP contribution in [0.25, 0.3) is 0 Å². The summed E-state index contributed by atoms with van der Waals surface area (Å²) in [4.78, 5) is 15.1. The Labute approximate surface area is 191 Å². The lowest BCUT2D eigenvalue weighted by Gasteiger charge is -2.28. The number of methoxy groups -OCH3 is 1. The third-order valence-corrected chi connectivity index (χ3v) is 7.54. The van der Waals surface area contributed by atoms with Gasteiger partial charge in [0.2, 0.25) is 0 Å². The van der Waals surface area contributed by atoms with Crippen LogP contribution < -0.4 is 9.47 Å². The van der Waals surface area contributed by atoms with E-state index in [4.69, 9.17) is 9.47 Å². The van der Waals surface area contributed by atoms with E-state index in [9.17, 15) is 13.2 Å². The molecule has 0 N–H and O–H groups in total. The first kappa shape index (κ1) is 24.1. The van der Waals surface area contributed by atoms with Crippen LogP contribution in [-0.4, -0.2) is 50.5 Å². The van der Waals surface area contributed by atoms with Gasteiger partial charge >= 0.3 is 0 Å². The molecular weight excluding hydrogens is 426 g/mol. The molecule has 2 aromatic carbocycles. The van der Waals surface area contributed by atoms with Crippen LogP contribution in [0.15, 0.2) is 48.5 Å². The monoisotopic (exact) mass is 459 g/mol. The molecule has 7 heteroatoms. The summed E-state index contributed by atoms with van der Waals surface area (Å²) in [6.45, 7) is 3.19. The van der Waals surface area contributed by atoms with Gasteiger partial charge in [-0.1, -0.05) is 38.3 Å². The Morgan fingerprint density at radius 1 is 1.00 bits per heavy atom. The number of nitrogens with zero attached hydrogens (tertiary/aromatic N) is 1. The maximum absolute atomic E-state index is 13.4. The smallest absolute Gasteiger partial charge is 0.254 e. The van der Waals surface area contributed by atoms with Gasteiger partial charge in [0, 0.05) is 18.2 Å². The highest BCUT2D eigenvalue weighted by molar-refractivity contribution is 7.91. The lowest BCUT2D eigenvalue weighted by atomic mass is 10.1. The van der Waals surface area contributed by atoms with Crippen molar-refractivity contribution in [2.45, 2.75) is 51.6 Å². The molecule has 0 aromatic heterocycles. The van der Waals surface area contributed by atoms with Crippen LogP contribution in [0.3, 0.4) is 0 Å². The van der Waals surface area contributed by atoms with Gasteiger partial charge < -0.3 is 14.4 Å². The van der Waals surface area contributed by atoms with E-state index in [1.165, 1.54) is 12.8 Å². The van der Waals surface area contributed by atoms with Crippen molar-refractivity contribution < 1.29 is 22.7 Å². The fourth-order valence-electron chi connectivity index (χ4n) is 3.89. The average Bonchev–Trinajstić information content (AvgIpc) is 3.17. The number of ether oxygens (including phenoxy) is 2. The largest absolute Gasteiger partial charge is 0.497 e. The summed E-state index contributed by atoms with van der Waals surface area (Å²) in [5, 5.41) is 0. The topological polar surface area (TPSA) is 72.9 Å². The minimum absolute atomic E-state index is 0.00779. The van der Waals surface area contributed by atoms with E-state index in [-0.39, 0.29) is 23.5 Å². The summed E-state index contributed by atoms with van der Waals surface area (Å²) in [5.74, 6) is 1.43. The van der Waals surface area contributed by atoms with Crippen LogP contribution in [-0.2, 0) is 16.4 Å². The first-order chi connectivity index (χ1) is 15.4. The van der Waals surface area contributed by atoms with Crippen LogP contribution in [0, 0.1) is 0 Å². The van der Waals surface area contributed by atoms with Crippen molar-refractivity contribution in [1.29, 1.82) is 0 Å². The number of unbranched alkanes of at least 4 members (excludes halogenated alkanes) is 3. The molecule has 0 radical (unpaired) electrons. The minimum atomic E-state index is -3.12. The van der Waals surface area contributed by atoms with Crippen LogP contribution in [0.5, 0.6) is 11.5 Å². The molecule has 2 aromatic rings. The number of rotatable bonds is 11. The number of sulfone groups is 1. The zero-order valence-corrected chi connectivity index (χ0v) is 19.8. The van der Waals surface area contributed by atoms with Gasteiger partial charge in [-0.25, -0.2) is 8.42 Å². The van der Waals surface area contributed by atoms with Gasteiger partial charge in [-0.2, -0.15) is 0 Å². The van der Waals surface area contributed by atoms with E-state index in [0.29, 0.717) is 25.1 Å². The molecule has 174 valence electrons. The molecule has 1 amide bonds. The van der Waals surface area contributed by atoms with Crippen molar-refractivity contribution in [3.63, 3.8) is 0 Å². The second kappa shape index (κ2) is 11.4. The molecule has 3 rings (SSSR count). The molecule has 1 aliphatic heterocycles. The van der Waals surface area contributed by atoms with Crippen molar-refractivity contribution in [2.75, 3.05) is 25.2 Å². The number of carbonyl (C=O) groups is 1. The Morgan fingerprint density at radius 2 is 1.69 bits per heavy atom. The van der Waals surface area contributed by atoms with E-state index in [1.54, 1.807) is 24.1 Å². The molecule has 0 bridgehead atoms. The van der Waals surface area contributed by atoms with Crippen molar-refractivity contribution in [2.24, 2.45) is 0 Å². The van der Waals surface area contributed by atoms with Gasteiger partial charge in [0.05, 0.1) is 25.2 Å². The highest BCUT2D eigenvalue weighted by Gasteiger charge is 2.35. The maximum atomic E-state index is 13.4. The van der Waals surface area contributed by atoms with Crippen LogP contribution in [0.1, 0.15) is 54.9 Å². The van der Waals surface area contributed by atoms with Crippen molar-refractivity contribution in [3.05, 3.63) is 59.7 Å². The van der Waals surface area contributed by atoms with E-state index >= 15 is 0 Å². The van der Waals surface area contributed by atoms with Crippen LogP contribution in [0.4, 0.5) is 0 Å². The number of benzene rings is 2. The molecule has 1 aliphatic rings. The lowest BCUT2D eigenvalue weighted by Crippen LogP contribution is -2.40. The molecule has 1 heterocycles. The maximum Gasteiger partial charge on any atom is 0.254 e. The predicted octanol–water partition coefficient (Wildman–Crippen LogP) is 4.48. The number of carbonyl (C=O) groups excluding carboxylic acids is 1. The third kappa shape index (κ3) is 6.73. The van der Waals surface area contributed by atoms with Crippen molar-refractivity contribution >= 4 is 15.7 Å². The first-order valence-corrected chi connectivity index (χ1v) is 13.1. The number of hydrogen-bond donors (Lipinski definition) is 0. The highest BCUT2D eigenvalue weighted by atomic mass is 32.2. The normalized spacial score (nSPS) is 17.1. The molecule has 0 saturated carbocycles. The number of hydrogen-bond acceptors (Lipinski definition) is 5. The molecule has 1 saturated heterocycles. The summed E-state index contributed by atoms with van der Waals surface area (Å²) in [7, 11) is -1.51. The summed E-state index contributed by atoms with van der Waals surface area (Å²) >= 11 is 0. The Balaban J connectivity index is 1.71. The van der Waals surface area contributed by atoms with Crippen LogP contribution in [0.2, 0.25) is 0 Å². The van der Waals surface area contributed by atoms with Gasteiger partial charge in [-0.3, -0.25) is 4.79 Å². The van der Waals surface area contributed by atoms with Crippen LogP contribution >= 0.6 is 0 Å². The zero-order chi connectivity index (χ0) is 23.0. The third-order valence-electron chi connectivity index (χ3n) is 5.79. The van der Waals surface area contributed by atoms with Crippen molar-refractivity contribution in [3.8, 4) is 11.5 Å². The predicted molar refractivity (Wildman–Crippen MR) is 126 cm³/mol. The molecule has 0 spiro atoms. The fourth-order valence-corrected chi connectivity index (χ4v) is 5.62. The molecule has 6 nitrogen and oxygen atoms in total. The molecule has 0 unspecified atom stereocenters. The lowest BCUT2D eigenvalue weighted by molar-refractivity contribution is 0.0681. The summed E-state index contributed by atoms with van der Waals surface area (Å²) < 4.78 is 35.1. The molecule has 1 atom stereocenters.